The molecule has 0 saturated carbocycles. The van der Waals surface area contributed by atoms with Gasteiger partial charge in [-0.2, -0.15) is 0 Å². The van der Waals surface area contributed by atoms with E-state index in [-0.39, 0.29) is 5.75 Å². The minimum atomic E-state index is -0.875. The number of aromatic nitrogens is 4. The number of hydrogen-bond donors (Lipinski definition) is 2. The topological polar surface area (TPSA) is 116 Å². The number of imide groups is 1. The van der Waals surface area contributed by atoms with E-state index in [9.17, 15) is 9.59 Å². The lowest BCUT2D eigenvalue weighted by molar-refractivity contribution is -0.117. The van der Waals surface area contributed by atoms with Crippen molar-refractivity contribution in [2.45, 2.75) is 18.6 Å². The van der Waals surface area contributed by atoms with Crippen molar-refractivity contribution in [2.24, 2.45) is 5.73 Å². The van der Waals surface area contributed by atoms with Gasteiger partial charge in [0.1, 0.15) is 0 Å². The first kappa shape index (κ1) is 20.5. The highest BCUT2D eigenvalue weighted by atomic mass is 32.2. The molecule has 0 saturated heterocycles. The Morgan fingerprint density at radius 3 is 2.55 bits per heavy atom. The summed E-state index contributed by atoms with van der Waals surface area (Å²) in [6, 6.07) is 19.0. The molecule has 2 aromatic heterocycles. The molecule has 0 spiro atoms. The van der Waals surface area contributed by atoms with Crippen LogP contribution in [0.25, 0.3) is 33.5 Å². The lowest BCUT2D eigenvalue weighted by Gasteiger charge is -2.11. The number of rotatable bonds is 6. The third kappa shape index (κ3) is 4.41. The van der Waals surface area contributed by atoms with Crippen molar-refractivity contribution in [2.75, 3.05) is 5.75 Å². The van der Waals surface area contributed by atoms with Gasteiger partial charge >= 0.3 is 6.03 Å². The molecule has 0 aliphatic carbocycles. The number of carbonyl (C=O) groups excluding carboxylic acids is 2. The summed E-state index contributed by atoms with van der Waals surface area (Å²) in [5.74, 6) is 0.217. The number of carbonyl (C=O) groups is 2. The molecule has 0 atom stereocenters. The van der Waals surface area contributed by atoms with Gasteiger partial charge in [-0.15, -0.1) is 10.2 Å². The van der Waals surface area contributed by atoms with E-state index in [4.69, 9.17) is 10.7 Å². The number of nitrogens with zero attached hydrogens (tertiary/aromatic N) is 4. The summed E-state index contributed by atoms with van der Waals surface area (Å²) in [5.41, 5.74) is 8.62. The molecule has 4 rings (SSSR count). The highest BCUT2D eigenvalue weighted by Crippen LogP contribution is 2.32. The first-order chi connectivity index (χ1) is 15.1. The van der Waals surface area contributed by atoms with Gasteiger partial charge in [0.05, 0.1) is 17.0 Å². The van der Waals surface area contributed by atoms with Crippen LogP contribution in [0.2, 0.25) is 0 Å². The van der Waals surface area contributed by atoms with Crippen molar-refractivity contribution in [1.29, 1.82) is 0 Å². The quantitative estimate of drug-likeness (QED) is 0.451. The second-order valence-corrected chi connectivity index (χ2v) is 7.63. The Bertz CT molecular complexity index is 1260. The van der Waals surface area contributed by atoms with Crippen LogP contribution in [0.1, 0.15) is 6.92 Å². The van der Waals surface area contributed by atoms with Gasteiger partial charge < -0.3 is 10.3 Å². The third-order valence-corrected chi connectivity index (χ3v) is 5.62. The van der Waals surface area contributed by atoms with Gasteiger partial charge in [-0.3, -0.25) is 10.1 Å². The van der Waals surface area contributed by atoms with E-state index < -0.39 is 11.9 Å². The van der Waals surface area contributed by atoms with E-state index in [1.54, 1.807) is 0 Å². The van der Waals surface area contributed by atoms with Crippen molar-refractivity contribution in [3.8, 4) is 22.6 Å². The molecule has 3 amide bonds. The van der Waals surface area contributed by atoms with Crippen molar-refractivity contribution in [1.82, 2.24) is 25.1 Å². The average Bonchev–Trinajstić information content (AvgIpc) is 3.20. The van der Waals surface area contributed by atoms with Crippen LogP contribution in [0.15, 0.2) is 65.8 Å². The van der Waals surface area contributed by atoms with Gasteiger partial charge in [0.2, 0.25) is 5.91 Å². The number of pyridine rings is 1. The predicted octanol–water partition coefficient (Wildman–Crippen LogP) is 3.47. The number of primary amides is 1. The van der Waals surface area contributed by atoms with Gasteiger partial charge in [0.15, 0.2) is 11.0 Å². The standard InChI is InChI=1S/C22H20N6O2S/c1-2-28-20(26-27-22(28)31-13-19(29)25-21(23)30)16-12-18(14-8-4-3-5-9-14)24-17-11-7-6-10-15(16)17/h3-12H,2,13H2,1H3,(H3,23,25,29,30). The van der Waals surface area contributed by atoms with Gasteiger partial charge in [0, 0.05) is 23.1 Å². The van der Waals surface area contributed by atoms with E-state index >= 15 is 0 Å². The number of para-hydroxylation sites is 1. The molecule has 0 unspecified atom stereocenters. The van der Waals surface area contributed by atoms with Crippen LogP contribution in [-0.2, 0) is 11.3 Å². The Morgan fingerprint density at radius 1 is 1.06 bits per heavy atom. The number of nitrogens with two attached hydrogens (primary N) is 1. The number of urea groups is 1. The van der Waals surface area contributed by atoms with Crippen molar-refractivity contribution < 1.29 is 9.59 Å². The van der Waals surface area contributed by atoms with Crippen LogP contribution < -0.4 is 11.1 Å². The lowest BCUT2D eigenvalue weighted by atomic mass is 10.0. The summed E-state index contributed by atoms with van der Waals surface area (Å²) in [5, 5.41) is 12.3. The molecule has 156 valence electrons. The summed E-state index contributed by atoms with van der Waals surface area (Å²) in [7, 11) is 0. The van der Waals surface area contributed by atoms with Gasteiger partial charge in [-0.25, -0.2) is 9.78 Å². The van der Waals surface area contributed by atoms with Gasteiger partial charge in [-0.1, -0.05) is 60.3 Å². The summed E-state index contributed by atoms with van der Waals surface area (Å²) >= 11 is 1.20. The minimum Gasteiger partial charge on any atom is -0.351 e. The Balaban J connectivity index is 1.77. The molecule has 0 bridgehead atoms. The Hall–Kier alpha value is -3.72. The van der Waals surface area contributed by atoms with Crippen LogP contribution in [0.3, 0.4) is 0 Å². The Kier molecular flexibility index (Phi) is 5.94. The molecule has 0 fully saturated rings. The smallest absolute Gasteiger partial charge is 0.318 e. The van der Waals surface area contributed by atoms with Crippen LogP contribution in [0.5, 0.6) is 0 Å². The lowest BCUT2D eigenvalue weighted by Crippen LogP contribution is -2.36. The highest BCUT2D eigenvalue weighted by molar-refractivity contribution is 7.99. The zero-order valence-electron chi connectivity index (χ0n) is 16.8. The number of thioether (sulfide) groups is 1. The first-order valence-electron chi connectivity index (χ1n) is 9.67. The maximum absolute atomic E-state index is 11.8. The van der Waals surface area contributed by atoms with Crippen molar-refractivity contribution in [3.05, 3.63) is 60.7 Å². The fraction of sp³-hybridized carbons (Fsp3) is 0.136. The second-order valence-electron chi connectivity index (χ2n) is 6.69. The van der Waals surface area contributed by atoms with Crippen LogP contribution in [0.4, 0.5) is 4.79 Å². The number of amides is 3. The number of nitrogens with one attached hydrogen (secondary N) is 1. The molecule has 2 heterocycles. The maximum atomic E-state index is 11.8. The molecule has 31 heavy (non-hydrogen) atoms. The fourth-order valence-electron chi connectivity index (χ4n) is 3.30. The molecule has 9 heteroatoms. The second kappa shape index (κ2) is 8.97. The van der Waals surface area contributed by atoms with E-state index in [0.717, 1.165) is 27.7 Å². The van der Waals surface area contributed by atoms with E-state index in [0.29, 0.717) is 17.5 Å². The predicted molar refractivity (Wildman–Crippen MR) is 120 cm³/mol. The summed E-state index contributed by atoms with van der Waals surface area (Å²) < 4.78 is 1.94. The molecular weight excluding hydrogens is 412 g/mol. The normalized spacial score (nSPS) is 10.9. The molecule has 0 aliphatic rings. The molecule has 2 aromatic carbocycles. The van der Waals surface area contributed by atoms with Crippen molar-refractivity contribution >= 4 is 34.6 Å². The molecule has 8 nitrogen and oxygen atoms in total. The monoisotopic (exact) mass is 432 g/mol. The number of benzene rings is 2. The molecule has 4 aromatic rings. The van der Waals surface area contributed by atoms with Crippen LogP contribution in [0, 0.1) is 0 Å². The highest BCUT2D eigenvalue weighted by Gasteiger charge is 2.18. The SMILES string of the molecule is CCn1c(SCC(=O)NC(N)=O)nnc1-c1cc(-c2ccccc2)nc2ccccc12. The average molecular weight is 433 g/mol. The zero-order chi connectivity index (χ0) is 21.8. The van der Waals surface area contributed by atoms with E-state index in [1.807, 2.05) is 72.2 Å². The molecule has 0 aliphatic heterocycles. The summed E-state index contributed by atoms with van der Waals surface area (Å²) in [6.07, 6.45) is 0. The number of hydrogen-bond acceptors (Lipinski definition) is 6. The largest absolute Gasteiger partial charge is 0.351 e. The summed E-state index contributed by atoms with van der Waals surface area (Å²) in [6.45, 7) is 2.60. The Labute approximate surface area is 182 Å². The van der Waals surface area contributed by atoms with Crippen molar-refractivity contribution in [3.63, 3.8) is 0 Å². The zero-order valence-corrected chi connectivity index (χ0v) is 17.6. The fourth-order valence-corrected chi connectivity index (χ4v) is 4.10. The van der Waals surface area contributed by atoms with Gasteiger partial charge in [0.25, 0.3) is 0 Å². The number of fused-ring (bicyclic) bond motifs is 1. The first-order valence-corrected chi connectivity index (χ1v) is 10.7. The van der Waals surface area contributed by atoms with Crippen LogP contribution in [-0.4, -0.2) is 37.4 Å². The molecular formula is C22H20N6O2S. The maximum Gasteiger partial charge on any atom is 0.318 e. The Morgan fingerprint density at radius 2 is 1.81 bits per heavy atom. The molecule has 0 radical (unpaired) electrons. The minimum absolute atomic E-state index is 0.00737. The summed E-state index contributed by atoms with van der Waals surface area (Å²) in [4.78, 5) is 27.5. The van der Waals surface area contributed by atoms with E-state index in [2.05, 4.69) is 15.5 Å². The van der Waals surface area contributed by atoms with E-state index in [1.165, 1.54) is 11.8 Å². The molecule has 3 N–H and O–H groups in total. The van der Waals surface area contributed by atoms with Crippen LogP contribution >= 0.6 is 11.8 Å². The van der Waals surface area contributed by atoms with Gasteiger partial charge in [-0.05, 0) is 19.1 Å². The third-order valence-electron chi connectivity index (χ3n) is 4.65.